The molecule has 1 heterocycles. The highest BCUT2D eigenvalue weighted by Gasteiger charge is 2.43. The Labute approximate surface area is 105 Å². The summed E-state index contributed by atoms with van der Waals surface area (Å²) in [4.78, 5) is 2.37. The van der Waals surface area contributed by atoms with E-state index in [4.69, 9.17) is 4.74 Å². The zero-order valence-corrected chi connectivity index (χ0v) is 11.1. The molecule has 0 bridgehead atoms. The first-order valence-electron chi connectivity index (χ1n) is 6.43. The number of ether oxygens (including phenoxy) is 1. The first-order chi connectivity index (χ1) is 8.12. The molecule has 1 aromatic carbocycles. The molecule has 0 atom stereocenters. The van der Waals surface area contributed by atoms with E-state index in [1.54, 1.807) is 0 Å². The molecule has 17 heavy (non-hydrogen) atoms. The van der Waals surface area contributed by atoms with Crippen LogP contribution in [0.5, 0.6) is 0 Å². The van der Waals surface area contributed by atoms with Crippen LogP contribution < -0.4 is 0 Å². The lowest BCUT2D eigenvalue weighted by Gasteiger charge is -2.51. The molecular formula is C15H23NO. The third kappa shape index (κ3) is 2.88. The van der Waals surface area contributed by atoms with Crippen LogP contribution >= 0.6 is 0 Å². The summed E-state index contributed by atoms with van der Waals surface area (Å²) in [6.07, 6.45) is 0. The maximum Gasteiger partial charge on any atom is 0.0717 e. The lowest BCUT2D eigenvalue weighted by atomic mass is 9.72. The maximum absolute atomic E-state index is 5.91. The third-order valence-electron chi connectivity index (χ3n) is 3.90. The number of hydrogen-bond acceptors (Lipinski definition) is 2. The molecule has 1 fully saturated rings. The van der Waals surface area contributed by atoms with Crippen molar-refractivity contribution in [2.45, 2.75) is 20.5 Å². The number of rotatable bonds is 5. The molecule has 94 valence electrons. The van der Waals surface area contributed by atoms with E-state index in [2.05, 4.69) is 50.1 Å². The van der Waals surface area contributed by atoms with E-state index < -0.39 is 0 Å². The minimum atomic E-state index is 0.379. The monoisotopic (exact) mass is 233 g/mol. The zero-order chi connectivity index (χ0) is 12.3. The summed E-state index contributed by atoms with van der Waals surface area (Å²) >= 11 is 0. The van der Waals surface area contributed by atoms with Crippen molar-refractivity contribution in [2.24, 2.45) is 11.3 Å². The fraction of sp³-hybridized carbons (Fsp3) is 0.600. The predicted molar refractivity (Wildman–Crippen MR) is 70.9 cm³/mol. The van der Waals surface area contributed by atoms with Gasteiger partial charge in [-0.2, -0.15) is 0 Å². The fourth-order valence-corrected chi connectivity index (χ4v) is 2.60. The van der Waals surface area contributed by atoms with Gasteiger partial charge >= 0.3 is 0 Å². The lowest BCUT2D eigenvalue weighted by Crippen LogP contribution is -2.59. The Morgan fingerprint density at radius 1 is 1.24 bits per heavy atom. The van der Waals surface area contributed by atoms with Crippen molar-refractivity contribution in [3.63, 3.8) is 0 Å². The first-order valence-corrected chi connectivity index (χ1v) is 6.43. The van der Waals surface area contributed by atoms with Crippen molar-refractivity contribution >= 4 is 0 Å². The van der Waals surface area contributed by atoms with E-state index in [-0.39, 0.29) is 0 Å². The Hall–Kier alpha value is -0.860. The van der Waals surface area contributed by atoms with E-state index >= 15 is 0 Å². The molecule has 0 spiro atoms. The molecule has 0 aromatic heterocycles. The van der Waals surface area contributed by atoms with E-state index in [0.717, 1.165) is 13.2 Å². The second kappa shape index (κ2) is 5.19. The van der Waals surface area contributed by atoms with E-state index in [9.17, 15) is 0 Å². The summed E-state index contributed by atoms with van der Waals surface area (Å²) < 4.78 is 5.91. The summed E-state index contributed by atoms with van der Waals surface area (Å²) in [5.41, 5.74) is 1.64. The molecule has 1 aliphatic rings. The van der Waals surface area contributed by atoms with Gasteiger partial charge in [0, 0.05) is 18.5 Å². The average Bonchev–Trinajstić information content (AvgIpc) is 2.27. The second-order valence-corrected chi connectivity index (χ2v) is 5.67. The predicted octanol–water partition coefficient (Wildman–Crippen LogP) is 2.79. The highest BCUT2D eigenvalue weighted by molar-refractivity contribution is 5.13. The quantitative estimate of drug-likeness (QED) is 0.775. The molecule has 2 heteroatoms. The van der Waals surface area contributed by atoms with Crippen molar-refractivity contribution in [3.8, 4) is 0 Å². The number of nitrogens with zero attached hydrogens (tertiary/aromatic N) is 1. The summed E-state index contributed by atoms with van der Waals surface area (Å²) in [6.45, 7) is 8.56. The van der Waals surface area contributed by atoms with Crippen LogP contribution in [0.4, 0.5) is 0 Å². The number of benzene rings is 1. The van der Waals surface area contributed by atoms with Gasteiger partial charge < -0.3 is 9.64 Å². The normalized spacial score (nSPS) is 19.3. The highest BCUT2D eigenvalue weighted by atomic mass is 16.5. The van der Waals surface area contributed by atoms with E-state index in [0.29, 0.717) is 11.3 Å². The van der Waals surface area contributed by atoms with Crippen molar-refractivity contribution in [3.05, 3.63) is 35.9 Å². The molecule has 0 N–H and O–H groups in total. The summed E-state index contributed by atoms with van der Waals surface area (Å²) in [5.74, 6) is 0.689. The van der Waals surface area contributed by atoms with Gasteiger partial charge in [0.25, 0.3) is 0 Å². The summed E-state index contributed by atoms with van der Waals surface area (Å²) in [7, 11) is 2.18. The van der Waals surface area contributed by atoms with Gasteiger partial charge in [0.15, 0.2) is 0 Å². The number of hydrogen-bond donors (Lipinski definition) is 0. The standard InChI is InChI=1S/C15H23NO/c1-13(2)15(10-16(3)11-15)12-17-9-14-7-5-4-6-8-14/h4-8,13H,9-12H2,1-3H3. The first kappa shape index (κ1) is 12.6. The number of likely N-dealkylation sites (tertiary alicyclic amines) is 1. The van der Waals surface area contributed by atoms with Gasteiger partial charge in [0.2, 0.25) is 0 Å². The highest BCUT2D eigenvalue weighted by Crippen LogP contribution is 2.37. The Bertz CT molecular complexity index is 341. The van der Waals surface area contributed by atoms with Crippen molar-refractivity contribution in [1.29, 1.82) is 0 Å². The van der Waals surface area contributed by atoms with Crippen LogP contribution in [-0.2, 0) is 11.3 Å². The smallest absolute Gasteiger partial charge is 0.0717 e. The Balaban J connectivity index is 1.81. The van der Waals surface area contributed by atoms with Gasteiger partial charge in [-0.05, 0) is 18.5 Å². The lowest BCUT2D eigenvalue weighted by molar-refractivity contribution is -0.0873. The molecule has 0 amide bonds. The van der Waals surface area contributed by atoms with Crippen LogP contribution in [0.15, 0.2) is 30.3 Å². The summed E-state index contributed by atoms with van der Waals surface area (Å²) in [6, 6.07) is 10.4. The van der Waals surface area contributed by atoms with Crippen LogP contribution in [0.3, 0.4) is 0 Å². The molecule has 1 aliphatic heterocycles. The average molecular weight is 233 g/mol. The molecule has 0 aliphatic carbocycles. The topological polar surface area (TPSA) is 12.5 Å². The van der Waals surface area contributed by atoms with Crippen LogP contribution in [-0.4, -0.2) is 31.6 Å². The molecule has 2 rings (SSSR count). The van der Waals surface area contributed by atoms with Gasteiger partial charge in [-0.25, -0.2) is 0 Å². The molecule has 1 saturated heterocycles. The van der Waals surface area contributed by atoms with Gasteiger partial charge in [-0.3, -0.25) is 0 Å². The largest absolute Gasteiger partial charge is 0.376 e. The minimum Gasteiger partial charge on any atom is -0.376 e. The van der Waals surface area contributed by atoms with Crippen LogP contribution in [0, 0.1) is 11.3 Å². The second-order valence-electron chi connectivity index (χ2n) is 5.67. The minimum absolute atomic E-state index is 0.379. The maximum atomic E-state index is 5.91. The molecule has 0 saturated carbocycles. The Morgan fingerprint density at radius 3 is 2.41 bits per heavy atom. The van der Waals surface area contributed by atoms with Crippen LogP contribution in [0.2, 0.25) is 0 Å². The van der Waals surface area contributed by atoms with Gasteiger partial charge in [-0.15, -0.1) is 0 Å². The van der Waals surface area contributed by atoms with Crippen LogP contribution in [0.1, 0.15) is 19.4 Å². The van der Waals surface area contributed by atoms with Crippen molar-refractivity contribution < 1.29 is 4.74 Å². The SMILES string of the molecule is CC(C)C1(COCc2ccccc2)CN(C)C1. The van der Waals surface area contributed by atoms with Crippen molar-refractivity contribution in [1.82, 2.24) is 4.90 Å². The van der Waals surface area contributed by atoms with Gasteiger partial charge in [0.1, 0.15) is 0 Å². The van der Waals surface area contributed by atoms with E-state index in [1.807, 2.05) is 6.07 Å². The molecule has 0 radical (unpaired) electrons. The van der Waals surface area contributed by atoms with Crippen LogP contribution in [0.25, 0.3) is 0 Å². The molecule has 1 aromatic rings. The molecular weight excluding hydrogens is 210 g/mol. The van der Waals surface area contributed by atoms with Crippen molar-refractivity contribution in [2.75, 3.05) is 26.7 Å². The van der Waals surface area contributed by atoms with Gasteiger partial charge in [0.05, 0.1) is 13.2 Å². The molecule has 0 unspecified atom stereocenters. The van der Waals surface area contributed by atoms with E-state index in [1.165, 1.54) is 18.7 Å². The summed E-state index contributed by atoms with van der Waals surface area (Å²) in [5, 5.41) is 0. The van der Waals surface area contributed by atoms with Gasteiger partial charge in [-0.1, -0.05) is 44.2 Å². The third-order valence-corrected chi connectivity index (χ3v) is 3.90. The molecule has 2 nitrogen and oxygen atoms in total. The Kier molecular flexibility index (Phi) is 3.85. The Morgan fingerprint density at radius 2 is 1.88 bits per heavy atom. The fourth-order valence-electron chi connectivity index (χ4n) is 2.60. The zero-order valence-electron chi connectivity index (χ0n) is 11.1.